The fourth-order valence-electron chi connectivity index (χ4n) is 7.44. The van der Waals surface area contributed by atoms with Gasteiger partial charge in [0.1, 0.15) is 25.2 Å². The van der Waals surface area contributed by atoms with Crippen LogP contribution in [0.1, 0.15) is 45.8 Å². The van der Waals surface area contributed by atoms with Crippen molar-refractivity contribution in [2.24, 2.45) is 5.92 Å². The van der Waals surface area contributed by atoms with Crippen LogP contribution in [0.4, 0.5) is 24.5 Å². The van der Waals surface area contributed by atoms with Crippen molar-refractivity contribution in [3.63, 3.8) is 0 Å². The molecule has 5 heterocycles. The third-order valence-electron chi connectivity index (χ3n) is 10.5. The first-order chi connectivity index (χ1) is 28.4. The Morgan fingerprint density at radius 2 is 1.83 bits per heavy atom. The third-order valence-corrected chi connectivity index (χ3v) is 10.8. The normalized spacial score (nSPS) is 17.5. The summed E-state index contributed by atoms with van der Waals surface area (Å²) in [4.78, 5) is 59.0. The van der Waals surface area contributed by atoms with Gasteiger partial charge in [-0.15, -0.1) is 5.10 Å². The number of hydrogen-bond acceptors (Lipinski definition) is 10. The number of anilines is 2. The molecule has 14 nitrogen and oxygen atoms in total. The number of fused-ring (bicyclic) bond motifs is 2. The lowest BCUT2D eigenvalue weighted by molar-refractivity contribution is -0.137. The Kier molecular flexibility index (Phi) is 10.7. The van der Waals surface area contributed by atoms with Crippen LogP contribution >= 0.6 is 11.6 Å². The van der Waals surface area contributed by atoms with Gasteiger partial charge in [-0.25, -0.2) is 9.97 Å². The summed E-state index contributed by atoms with van der Waals surface area (Å²) < 4.78 is 48.8. The van der Waals surface area contributed by atoms with E-state index < -0.39 is 23.2 Å². The van der Waals surface area contributed by atoms with Crippen molar-refractivity contribution in [3.05, 3.63) is 135 Å². The SMILES string of the molecule is CCc1c(N2CCN(C(=O)c3ncnc(C)c3OCc3ccccc3)CC2)c(=O)n2nc(C3=CC4NC=CC4C=C3)nc2n1CC(=O)Nc1ccc(C(F)(F)F)cc1Cl. The van der Waals surface area contributed by atoms with E-state index in [1.807, 2.05) is 72.7 Å². The van der Waals surface area contributed by atoms with Crippen LogP contribution in [-0.2, 0) is 30.5 Å². The van der Waals surface area contributed by atoms with E-state index in [0.29, 0.717) is 29.1 Å². The highest BCUT2D eigenvalue weighted by Gasteiger charge is 2.33. The number of aromatic nitrogens is 6. The first-order valence-electron chi connectivity index (χ1n) is 18.9. The highest BCUT2D eigenvalue weighted by molar-refractivity contribution is 6.33. The maximum absolute atomic E-state index is 14.5. The molecule has 1 aliphatic carbocycles. The fourth-order valence-corrected chi connectivity index (χ4v) is 7.67. The second kappa shape index (κ2) is 16.0. The summed E-state index contributed by atoms with van der Waals surface area (Å²) in [5, 5.41) is 10.2. The van der Waals surface area contributed by atoms with Gasteiger partial charge in [0.2, 0.25) is 11.7 Å². The molecule has 2 aromatic carbocycles. The van der Waals surface area contributed by atoms with Crippen molar-refractivity contribution in [2.45, 2.75) is 45.6 Å². The van der Waals surface area contributed by atoms with Crippen molar-refractivity contribution >= 4 is 46.1 Å². The Balaban J connectivity index is 1.10. The van der Waals surface area contributed by atoms with Crippen molar-refractivity contribution in [2.75, 3.05) is 36.4 Å². The number of nitrogens with zero attached hydrogens (tertiary/aromatic N) is 8. The van der Waals surface area contributed by atoms with E-state index in [9.17, 15) is 27.6 Å². The van der Waals surface area contributed by atoms with Crippen LogP contribution < -0.4 is 25.8 Å². The van der Waals surface area contributed by atoms with Crippen molar-refractivity contribution in [3.8, 4) is 5.75 Å². The summed E-state index contributed by atoms with van der Waals surface area (Å²) in [6.45, 7) is 4.42. The number of carbonyl (C=O) groups excluding carboxylic acids is 2. The summed E-state index contributed by atoms with van der Waals surface area (Å²) in [5.41, 5.74) is 1.58. The van der Waals surface area contributed by atoms with Crippen LogP contribution in [0.5, 0.6) is 5.75 Å². The number of allylic oxidation sites excluding steroid dienone is 2. The number of benzene rings is 2. The van der Waals surface area contributed by atoms with Gasteiger partial charge in [0.25, 0.3) is 11.5 Å². The number of hydrogen-bond donors (Lipinski definition) is 2. The van der Waals surface area contributed by atoms with Crippen LogP contribution in [0.2, 0.25) is 5.02 Å². The van der Waals surface area contributed by atoms with Crippen molar-refractivity contribution in [1.82, 2.24) is 39.3 Å². The van der Waals surface area contributed by atoms with Gasteiger partial charge in [0.15, 0.2) is 17.3 Å². The number of aryl methyl sites for hydroxylation is 1. The Morgan fingerprint density at radius 1 is 1.05 bits per heavy atom. The lowest BCUT2D eigenvalue weighted by Crippen LogP contribution is -2.51. The first kappa shape index (κ1) is 39.3. The zero-order chi connectivity index (χ0) is 41.4. The van der Waals surface area contributed by atoms with Gasteiger partial charge in [-0.1, -0.05) is 73.2 Å². The minimum Gasteiger partial charge on any atom is -0.485 e. The average Bonchev–Trinajstić information content (AvgIpc) is 3.90. The first-order valence-corrected chi connectivity index (χ1v) is 19.3. The number of rotatable bonds is 10. The van der Waals surface area contributed by atoms with Crippen LogP contribution in [0.25, 0.3) is 11.4 Å². The number of alkyl halides is 3. The van der Waals surface area contributed by atoms with E-state index in [1.54, 1.807) is 16.4 Å². The highest BCUT2D eigenvalue weighted by atomic mass is 35.5. The van der Waals surface area contributed by atoms with Gasteiger partial charge < -0.3 is 29.7 Å². The molecular formula is C41H38ClF3N10O4. The summed E-state index contributed by atoms with van der Waals surface area (Å²) >= 11 is 6.18. The summed E-state index contributed by atoms with van der Waals surface area (Å²) in [5.74, 6) is -0.142. The summed E-state index contributed by atoms with van der Waals surface area (Å²) in [6, 6.07) is 12.2. The maximum atomic E-state index is 14.5. The molecule has 3 aromatic heterocycles. The van der Waals surface area contributed by atoms with Crippen LogP contribution in [0.15, 0.2) is 90.2 Å². The molecule has 59 heavy (non-hydrogen) atoms. The average molecular weight is 827 g/mol. The number of piperazine rings is 1. The molecule has 0 spiro atoms. The molecule has 0 saturated carbocycles. The largest absolute Gasteiger partial charge is 0.485 e. The minimum absolute atomic E-state index is 0.0137. The monoisotopic (exact) mass is 826 g/mol. The maximum Gasteiger partial charge on any atom is 0.416 e. The topological polar surface area (TPSA) is 152 Å². The number of carbonyl (C=O) groups is 2. The number of amides is 2. The second-order valence-corrected chi connectivity index (χ2v) is 14.6. The molecule has 2 N–H and O–H groups in total. The highest BCUT2D eigenvalue weighted by Crippen LogP contribution is 2.34. The number of nitrogens with one attached hydrogen (secondary N) is 2. The lowest BCUT2D eigenvalue weighted by Gasteiger charge is -2.36. The quantitative estimate of drug-likeness (QED) is 0.186. The Bertz CT molecular complexity index is 2600. The molecule has 1 fully saturated rings. The molecule has 0 bridgehead atoms. The van der Waals surface area contributed by atoms with Crippen LogP contribution in [0, 0.1) is 12.8 Å². The molecule has 8 rings (SSSR count). The zero-order valence-electron chi connectivity index (χ0n) is 31.9. The molecule has 2 unspecified atom stereocenters. The van der Waals surface area contributed by atoms with Gasteiger partial charge in [-0.3, -0.25) is 14.4 Å². The second-order valence-electron chi connectivity index (χ2n) is 14.2. The Morgan fingerprint density at radius 3 is 2.56 bits per heavy atom. The number of halogens is 4. The van der Waals surface area contributed by atoms with E-state index in [2.05, 4.69) is 25.7 Å². The van der Waals surface area contributed by atoms with E-state index >= 15 is 0 Å². The van der Waals surface area contributed by atoms with Gasteiger partial charge in [0.05, 0.1) is 33.7 Å². The van der Waals surface area contributed by atoms with Gasteiger partial charge >= 0.3 is 6.18 Å². The molecule has 3 aliphatic rings. The molecule has 0 radical (unpaired) electrons. The Hall–Kier alpha value is -6.49. The zero-order valence-corrected chi connectivity index (χ0v) is 32.7. The summed E-state index contributed by atoms with van der Waals surface area (Å²) in [6.07, 6.45) is 6.79. The minimum atomic E-state index is -4.62. The number of ether oxygens (including phenoxy) is 1. The molecule has 1 saturated heterocycles. The predicted octanol–water partition coefficient (Wildman–Crippen LogP) is 5.46. The van der Waals surface area contributed by atoms with Gasteiger partial charge in [-0.05, 0) is 43.3 Å². The van der Waals surface area contributed by atoms with Gasteiger partial charge in [0, 0.05) is 37.7 Å². The van der Waals surface area contributed by atoms with Crippen molar-refractivity contribution < 1.29 is 27.5 Å². The standard InChI is InChI=1S/C41H38ClF3N10O4/c1-3-32-35(52-15-17-53(18-16-52)38(57)34-36(24(2)47-23-48-34)59-22-25-7-5-4-6-8-25)39(58)55-40(50-37(51-55)27-10-9-26-13-14-46-31(26)19-27)54(32)21-33(56)49-30-12-11-28(20-29(30)42)41(43,44)45/h4-14,19-20,23,26,31,46H,3,15-18,21-22H2,1-2H3,(H,49,56). The smallest absolute Gasteiger partial charge is 0.416 e. The fraction of sp³-hybridized carbons (Fsp3) is 0.293. The molecule has 2 aliphatic heterocycles. The lowest BCUT2D eigenvalue weighted by atomic mass is 9.93. The molecular weight excluding hydrogens is 789 g/mol. The third kappa shape index (κ3) is 7.89. The van der Waals surface area contributed by atoms with Crippen LogP contribution in [0.3, 0.4) is 0 Å². The molecule has 5 aromatic rings. The van der Waals surface area contributed by atoms with E-state index in [0.717, 1.165) is 23.8 Å². The molecule has 18 heteroatoms. The molecule has 304 valence electrons. The molecule has 2 atom stereocenters. The Labute approximate surface area is 340 Å². The van der Waals surface area contributed by atoms with E-state index in [1.165, 1.54) is 10.8 Å². The van der Waals surface area contributed by atoms with Gasteiger partial charge in [-0.2, -0.15) is 22.7 Å². The predicted molar refractivity (Wildman–Crippen MR) is 214 cm³/mol. The van der Waals surface area contributed by atoms with Crippen molar-refractivity contribution in [1.29, 1.82) is 0 Å². The molecule has 2 amide bonds. The summed E-state index contributed by atoms with van der Waals surface area (Å²) in [7, 11) is 0. The van der Waals surface area contributed by atoms with E-state index in [-0.39, 0.29) is 90.9 Å². The van der Waals surface area contributed by atoms with E-state index in [4.69, 9.17) is 21.3 Å². The van der Waals surface area contributed by atoms with Crippen LogP contribution in [-0.4, -0.2) is 78.1 Å².